The molecule has 2 rings (SSSR count). The molecule has 1 heterocycles. The van der Waals surface area contributed by atoms with Crippen molar-refractivity contribution in [2.75, 3.05) is 27.2 Å². The van der Waals surface area contributed by atoms with Crippen molar-refractivity contribution < 1.29 is 17.9 Å². The first-order chi connectivity index (χ1) is 12.6. The average molecular weight is 404 g/mol. The maximum Gasteiger partial charge on any atom is 0.279 e. The highest BCUT2D eigenvalue weighted by Gasteiger charge is 2.36. The molecule has 2 aliphatic rings. The molecule has 0 spiro atoms. The van der Waals surface area contributed by atoms with Crippen LogP contribution in [0, 0.1) is 11.8 Å². The molecule has 0 unspecified atom stereocenters. The lowest BCUT2D eigenvalue weighted by molar-refractivity contribution is -0.136. The van der Waals surface area contributed by atoms with E-state index in [1.807, 2.05) is 0 Å². The highest BCUT2D eigenvalue weighted by atomic mass is 32.2. The Morgan fingerprint density at radius 2 is 1.81 bits per heavy atom. The van der Waals surface area contributed by atoms with Crippen molar-refractivity contribution in [3.63, 3.8) is 0 Å². The van der Waals surface area contributed by atoms with Crippen LogP contribution in [0.2, 0.25) is 0 Å². The Morgan fingerprint density at radius 3 is 2.33 bits per heavy atom. The summed E-state index contributed by atoms with van der Waals surface area (Å²) in [6.45, 7) is 7.14. The molecule has 0 aromatic heterocycles. The normalized spacial score (nSPS) is 30.1. The fourth-order valence-corrected chi connectivity index (χ4v) is 5.11. The molecule has 2 atom stereocenters. The van der Waals surface area contributed by atoms with Gasteiger partial charge in [0.15, 0.2) is 0 Å². The summed E-state index contributed by atoms with van der Waals surface area (Å²) in [5.74, 6) is 1.45. The Kier molecular flexibility index (Phi) is 8.09. The van der Waals surface area contributed by atoms with Crippen molar-refractivity contribution >= 4 is 16.1 Å². The van der Waals surface area contributed by atoms with Crippen LogP contribution in [-0.4, -0.2) is 69.0 Å². The van der Waals surface area contributed by atoms with Crippen LogP contribution >= 0.6 is 0 Å². The number of piperidine rings is 1. The molecule has 1 aliphatic carbocycles. The van der Waals surface area contributed by atoms with Crippen molar-refractivity contribution in [3.05, 3.63) is 0 Å². The molecule has 2 fully saturated rings. The summed E-state index contributed by atoms with van der Waals surface area (Å²) in [7, 11) is -0.537. The van der Waals surface area contributed by atoms with E-state index < -0.39 is 10.2 Å². The molecule has 1 N–H and O–H groups in total. The molecule has 27 heavy (non-hydrogen) atoms. The molecule has 0 aromatic rings. The molecule has 1 aliphatic heterocycles. The van der Waals surface area contributed by atoms with Gasteiger partial charge in [-0.05, 0) is 50.4 Å². The Morgan fingerprint density at radius 1 is 1.19 bits per heavy atom. The van der Waals surface area contributed by atoms with Gasteiger partial charge in [-0.1, -0.05) is 13.8 Å². The smallest absolute Gasteiger partial charge is 0.279 e. The summed E-state index contributed by atoms with van der Waals surface area (Å²) in [6.07, 6.45) is 6.16. The Balaban J connectivity index is 2.00. The molecule has 7 nitrogen and oxygen atoms in total. The number of hydrogen-bond acceptors (Lipinski definition) is 4. The lowest BCUT2D eigenvalue weighted by Gasteiger charge is -2.42. The van der Waals surface area contributed by atoms with E-state index >= 15 is 0 Å². The monoisotopic (exact) mass is 403 g/mol. The Bertz CT molecular complexity index is 586. The number of likely N-dealkylation sites (tertiary alicyclic amines) is 1. The van der Waals surface area contributed by atoms with E-state index in [0.29, 0.717) is 25.5 Å². The number of nitrogens with zero attached hydrogens (tertiary/aromatic N) is 2. The zero-order valence-corrected chi connectivity index (χ0v) is 18.3. The van der Waals surface area contributed by atoms with Crippen LogP contribution in [0.4, 0.5) is 0 Å². The zero-order valence-electron chi connectivity index (χ0n) is 17.5. The minimum Gasteiger partial charge on any atom is -0.376 e. The maximum absolute atomic E-state index is 12.3. The molecule has 1 saturated heterocycles. The summed E-state index contributed by atoms with van der Waals surface area (Å²) >= 11 is 0. The van der Waals surface area contributed by atoms with Crippen LogP contribution in [0.15, 0.2) is 0 Å². The van der Waals surface area contributed by atoms with Crippen molar-refractivity contribution in [1.29, 1.82) is 0 Å². The predicted octanol–water partition coefficient (Wildman–Crippen LogP) is 1.99. The predicted molar refractivity (Wildman–Crippen MR) is 106 cm³/mol. The van der Waals surface area contributed by atoms with Crippen molar-refractivity contribution in [1.82, 2.24) is 13.9 Å². The summed E-state index contributed by atoms with van der Waals surface area (Å²) in [5, 5.41) is 0. The van der Waals surface area contributed by atoms with Crippen LogP contribution in [0.25, 0.3) is 0 Å². The largest absolute Gasteiger partial charge is 0.376 e. The standard InChI is InChI=1S/C19H37N3O4S/c1-14(2)16-8-10-17(11-9-16)26-13-19-18(20-27(24,25)21(4)5)7-6-12-22(19)15(3)23/h14,16-20H,6-13H2,1-5H3/t16-,17+,18-,19-/m0/s1. The van der Waals surface area contributed by atoms with Gasteiger partial charge in [0.25, 0.3) is 10.2 Å². The first-order valence-electron chi connectivity index (χ1n) is 10.2. The minimum absolute atomic E-state index is 0.0270. The van der Waals surface area contributed by atoms with Crippen molar-refractivity contribution in [2.24, 2.45) is 11.8 Å². The fourth-order valence-electron chi connectivity index (χ4n) is 4.24. The third-order valence-corrected chi connectivity index (χ3v) is 7.69. The first kappa shape index (κ1) is 22.6. The summed E-state index contributed by atoms with van der Waals surface area (Å²) in [6, 6.07) is -0.573. The van der Waals surface area contributed by atoms with Crippen LogP contribution in [0.3, 0.4) is 0 Å². The molecule has 158 valence electrons. The van der Waals surface area contributed by atoms with E-state index in [2.05, 4.69) is 18.6 Å². The number of ether oxygens (including phenoxy) is 1. The van der Waals surface area contributed by atoms with Gasteiger partial charge in [-0.3, -0.25) is 4.79 Å². The van der Waals surface area contributed by atoms with E-state index in [1.54, 1.807) is 11.8 Å². The van der Waals surface area contributed by atoms with Gasteiger partial charge >= 0.3 is 0 Å². The second-order valence-corrected chi connectivity index (χ2v) is 10.5. The number of hydrogen-bond donors (Lipinski definition) is 1. The molecule has 0 bridgehead atoms. The molecular weight excluding hydrogens is 366 g/mol. The van der Waals surface area contributed by atoms with Crippen LogP contribution in [0.5, 0.6) is 0 Å². The van der Waals surface area contributed by atoms with Gasteiger partial charge in [-0.25, -0.2) is 0 Å². The molecule has 1 amide bonds. The van der Waals surface area contributed by atoms with Crippen LogP contribution in [0.1, 0.15) is 59.3 Å². The summed E-state index contributed by atoms with van der Waals surface area (Å²) in [5.41, 5.74) is 0. The summed E-state index contributed by atoms with van der Waals surface area (Å²) < 4.78 is 34.7. The van der Waals surface area contributed by atoms with E-state index in [-0.39, 0.29) is 24.1 Å². The van der Waals surface area contributed by atoms with Gasteiger partial charge in [-0.2, -0.15) is 17.4 Å². The average Bonchev–Trinajstić information content (AvgIpc) is 2.60. The molecule has 0 aromatic carbocycles. The van der Waals surface area contributed by atoms with Gasteiger partial charge in [0.2, 0.25) is 5.91 Å². The molecule has 1 saturated carbocycles. The van der Waals surface area contributed by atoms with Crippen LogP contribution < -0.4 is 4.72 Å². The number of amides is 1. The SMILES string of the molecule is CC(=O)N1CCC[C@H](NS(=O)(=O)N(C)C)[C@@H]1CO[C@H]1CC[C@@H](C(C)C)CC1. The van der Waals surface area contributed by atoms with Gasteiger partial charge in [0.05, 0.1) is 18.8 Å². The molecular formula is C19H37N3O4S. The number of carbonyl (C=O) groups is 1. The molecule has 8 heteroatoms. The third-order valence-electron chi connectivity index (χ3n) is 6.13. The van der Waals surface area contributed by atoms with Gasteiger partial charge in [0.1, 0.15) is 0 Å². The highest BCUT2D eigenvalue weighted by molar-refractivity contribution is 7.87. The fraction of sp³-hybridized carbons (Fsp3) is 0.947. The van der Waals surface area contributed by atoms with Gasteiger partial charge < -0.3 is 9.64 Å². The quantitative estimate of drug-likeness (QED) is 0.705. The number of rotatable bonds is 7. The second-order valence-electron chi connectivity index (χ2n) is 8.55. The molecule has 0 radical (unpaired) electrons. The Hall–Kier alpha value is -0.700. The van der Waals surface area contributed by atoms with Crippen molar-refractivity contribution in [2.45, 2.75) is 77.5 Å². The van der Waals surface area contributed by atoms with E-state index in [1.165, 1.54) is 31.2 Å². The van der Waals surface area contributed by atoms with Crippen molar-refractivity contribution in [3.8, 4) is 0 Å². The van der Waals surface area contributed by atoms with E-state index in [9.17, 15) is 13.2 Å². The number of nitrogens with one attached hydrogen (secondary N) is 1. The minimum atomic E-state index is -3.55. The second kappa shape index (κ2) is 9.67. The van der Waals surface area contributed by atoms with Gasteiger partial charge in [-0.15, -0.1) is 0 Å². The van der Waals surface area contributed by atoms with E-state index in [4.69, 9.17) is 4.74 Å². The topological polar surface area (TPSA) is 79.0 Å². The highest BCUT2D eigenvalue weighted by Crippen LogP contribution is 2.31. The lowest BCUT2D eigenvalue weighted by atomic mass is 9.80. The van der Waals surface area contributed by atoms with Crippen LogP contribution in [-0.2, 0) is 19.7 Å². The maximum atomic E-state index is 12.3. The summed E-state index contributed by atoms with van der Waals surface area (Å²) in [4.78, 5) is 13.9. The lowest BCUT2D eigenvalue weighted by Crippen LogP contribution is -2.59. The zero-order chi connectivity index (χ0) is 20.2. The Labute approximate surface area is 165 Å². The van der Waals surface area contributed by atoms with E-state index in [0.717, 1.165) is 25.2 Å². The first-order valence-corrected chi connectivity index (χ1v) is 11.6. The number of carbonyl (C=O) groups excluding carboxylic acids is 1. The van der Waals surface area contributed by atoms with Gasteiger partial charge in [0, 0.05) is 33.6 Å². The third kappa shape index (κ3) is 6.14.